The molecule has 2 unspecified atom stereocenters. The highest BCUT2D eigenvalue weighted by molar-refractivity contribution is 5.94. The van der Waals surface area contributed by atoms with E-state index in [-0.39, 0.29) is 11.8 Å². The lowest BCUT2D eigenvalue weighted by Crippen LogP contribution is -2.41. The number of para-hydroxylation sites is 1. The quantitative estimate of drug-likeness (QED) is 0.499. The first-order valence-electron chi connectivity index (χ1n) is 10.8. The third kappa shape index (κ3) is 5.96. The monoisotopic (exact) mass is 385 g/mol. The third-order valence-electron chi connectivity index (χ3n) is 5.55. The maximum absolute atomic E-state index is 12.0. The fourth-order valence-electron chi connectivity index (χ4n) is 4.13. The Morgan fingerprint density at radius 1 is 1.25 bits per heavy atom. The van der Waals surface area contributed by atoms with E-state index in [1.54, 1.807) is 0 Å². The van der Waals surface area contributed by atoms with Crippen molar-refractivity contribution in [3.63, 3.8) is 0 Å². The average molecular weight is 386 g/mol. The van der Waals surface area contributed by atoms with E-state index in [1.165, 1.54) is 37.9 Å². The van der Waals surface area contributed by atoms with Crippen molar-refractivity contribution in [2.75, 3.05) is 44.6 Å². The van der Waals surface area contributed by atoms with Gasteiger partial charge in [-0.1, -0.05) is 31.5 Å². The number of nitrogens with one attached hydrogen (secondary N) is 3. The highest BCUT2D eigenvalue weighted by Crippen LogP contribution is 2.31. The molecule has 3 rings (SSSR count). The molecule has 2 aliphatic rings. The molecular weight excluding hydrogens is 350 g/mol. The van der Waals surface area contributed by atoms with Crippen LogP contribution in [0.25, 0.3) is 0 Å². The maximum Gasteiger partial charge on any atom is 0.225 e. The number of carbonyl (C=O) groups is 1. The zero-order chi connectivity index (χ0) is 19.8. The van der Waals surface area contributed by atoms with Crippen molar-refractivity contribution >= 4 is 17.6 Å². The fraction of sp³-hybridized carbons (Fsp3) is 0.636. The van der Waals surface area contributed by atoms with Crippen molar-refractivity contribution < 1.29 is 4.79 Å². The average Bonchev–Trinajstić information content (AvgIpc) is 2.70. The predicted molar refractivity (Wildman–Crippen MR) is 116 cm³/mol. The number of aliphatic imine (C=N–C) groups is 1. The van der Waals surface area contributed by atoms with Crippen LogP contribution in [0, 0.1) is 5.92 Å². The number of hydrogen-bond donors (Lipinski definition) is 3. The number of anilines is 1. The van der Waals surface area contributed by atoms with Gasteiger partial charge in [0.2, 0.25) is 5.91 Å². The molecule has 0 aliphatic carbocycles. The highest BCUT2D eigenvalue weighted by atomic mass is 16.1. The number of rotatable bonds is 7. The lowest BCUT2D eigenvalue weighted by Gasteiger charge is -2.28. The zero-order valence-corrected chi connectivity index (χ0v) is 17.3. The van der Waals surface area contributed by atoms with Crippen LogP contribution < -0.4 is 16.0 Å². The van der Waals surface area contributed by atoms with Gasteiger partial charge >= 0.3 is 0 Å². The second kappa shape index (κ2) is 10.5. The Balaban J connectivity index is 1.54. The molecule has 1 aromatic rings. The van der Waals surface area contributed by atoms with Crippen LogP contribution in [-0.4, -0.2) is 56.0 Å². The number of nitrogens with zero attached hydrogens (tertiary/aromatic N) is 2. The van der Waals surface area contributed by atoms with E-state index in [2.05, 4.69) is 40.8 Å². The summed E-state index contributed by atoms with van der Waals surface area (Å²) < 4.78 is 0. The Morgan fingerprint density at radius 2 is 2.04 bits per heavy atom. The number of guanidine groups is 1. The highest BCUT2D eigenvalue weighted by Gasteiger charge is 2.24. The molecule has 0 aromatic heterocycles. The zero-order valence-electron chi connectivity index (χ0n) is 17.3. The van der Waals surface area contributed by atoms with Gasteiger partial charge in [-0.2, -0.15) is 0 Å². The van der Waals surface area contributed by atoms with E-state index in [1.807, 2.05) is 18.2 Å². The molecule has 28 heavy (non-hydrogen) atoms. The van der Waals surface area contributed by atoms with Crippen LogP contribution in [0.1, 0.15) is 51.0 Å². The van der Waals surface area contributed by atoms with Gasteiger partial charge < -0.3 is 20.9 Å². The molecule has 6 nitrogen and oxygen atoms in total. The van der Waals surface area contributed by atoms with Crippen molar-refractivity contribution in [3.05, 3.63) is 29.8 Å². The van der Waals surface area contributed by atoms with Gasteiger partial charge in [0.05, 0.1) is 0 Å². The van der Waals surface area contributed by atoms with E-state index in [0.29, 0.717) is 18.9 Å². The van der Waals surface area contributed by atoms with Gasteiger partial charge in [-0.3, -0.25) is 9.79 Å². The van der Waals surface area contributed by atoms with Crippen molar-refractivity contribution in [3.8, 4) is 0 Å². The van der Waals surface area contributed by atoms with Crippen molar-refractivity contribution in [2.24, 2.45) is 10.9 Å². The van der Waals surface area contributed by atoms with Gasteiger partial charge in [-0.25, -0.2) is 0 Å². The summed E-state index contributed by atoms with van der Waals surface area (Å²) in [5, 5.41) is 9.76. The maximum atomic E-state index is 12.0. The molecule has 0 spiro atoms. The van der Waals surface area contributed by atoms with Crippen LogP contribution in [-0.2, 0) is 4.79 Å². The number of carbonyl (C=O) groups excluding carboxylic acids is 1. The third-order valence-corrected chi connectivity index (χ3v) is 5.55. The number of amides is 1. The number of hydrogen-bond acceptors (Lipinski definition) is 3. The molecule has 2 aliphatic heterocycles. The van der Waals surface area contributed by atoms with Crippen molar-refractivity contribution in [1.29, 1.82) is 0 Å². The SMILES string of the molecule is CCNC(=NCC(C)CN1CCCCC1)NCC1CC(=O)Nc2ccccc21. The van der Waals surface area contributed by atoms with Gasteiger partial charge in [0, 0.05) is 44.2 Å². The van der Waals surface area contributed by atoms with Gasteiger partial charge in [0.1, 0.15) is 0 Å². The molecule has 6 heteroatoms. The Hall–Kier alpha value is -2.08. The Kier molecular flexibility index (Phi) is 7.71. The summed E-state index contributed by atoms with van der Waals surface area (Å²) >= 11 is 0. The molecule has 0 bridgehead atoms. The molecule has 3 N–H and O–H groups in total. The number of likely N-dealkylation sites (tertiary alicyclic amines) is 1. The number of fused-ring (bicyclic) bond motifs is 1. The fourth-order valence-corrected chi connectivity index (χ4v) is 4.13. The van der Waals surface area contributed by atoms with Crippen LogP contribution in [0.3, 0.4) is 0 Å². The standard InChI is InChI=1S/C22H35N5O/c1-3-23-22(24-14-17(2)16-27-11-7-4-8-12-27)25-15-18-13-21(28)26-20-10-6-5-9-19(18)20/h5-6,9-10,17-18H,3-4,7-8,11-16H2,1-2H3,(H,26,28)(H2,23,24,25). The summed E-state index contributed by atoms with van der Waals surface area (Å²) in [6.45, 7) is 10.3. The lowest BCUT2D eigenvalue weighted by molar-refractivity contribution is -0.116. The Morgan fingerprint density at radius 3 is 2.82 bits per heavy atom. The van der Waals surface area contributed by atoms with Gasteiger partial charge in [-0.15, -0.1) is 0 Å². The first-order valence-corrected chi connectivity index (χ1v) is 10.8. The normalized spacial score (nSPS) is 21.6. The molecule has 1 saturated heterocycles. The minimum Gasteiger partial charge on any atom is -0.357 e. The molecule has 1 amide bonds. The summed E-state index contributed by atoms with van der Waals surface area (Å²) in [7, 11) is 0. The van der Waals surface area contributed by atoms with Gasteiger partial charge in [0.25, 0.3) is 0 Å². The van der Waals surface area contributed by atoms with Crippen molar-refractivity contribution in [2.45, 2.75) is 45.4 Å². The van der Waals surface area contributed by atoms with Crippen molar-refractivity contribution in [1.82, 2.24) is 15.5 Å². The Labute approximate surface area is 169 Å². The molecule has 2 heterocycles. The molecule has 0 radical (unpaired) electrons. The van der Waals surface area contributed by atoms with Gasteiger partial charge in [0.15, 0.2) is 5.96 Å². The van der Waals surface area contributed by atoms with E-state index >= 15 is 0 Å². The summed E-state index contributed by atoms with van der Waals surface area (Å²) in [5.41, 5.74) is 2.13. The minimum absolute atomic E-state index is 0.0857. The van der Waals surface area contributed by atoms with Crippen LogP contribution >= 0.6 is 0 Å². The number of benzene rings is 1. The minimum atomic E-state index is 0.0857. The Bertz CT molecular complexity index is 669. The molecular formula is C22H35N5O. The second-order valence-electron chi connectivity index (χ2n) is 8.10. The molecule has 154 valence electrons. The van der Waals surface area contributed by atoms with Crippen LogP contribution in [0.5, 0.6) is 0 Å². The summed E-state index contributed by atoms with van der Waals surface area (Å²) in [6, 6.07) is 8.07. The topological polar surface area (TPSA) is 68.8 Å². The first kappa shape index (κ1) is 20.6. The van der Waals surface area contributed by atoms with Crippen LogP contribution in [0.15, 0.2) is 29.3 Å². The van der Waals surface area contributed by atoms with E-state index < -0.39 is 0 Å². The largest absolute Gasteiger partial charge is 0.357 e. The second-order valence-corrected chi connectivity index (χ2v) is 8.10. The first-order chi connectivity index (χ1) is 13.7. The molecule has 0 saturated carbocycles. The van der Waals surface area contributed by atoms with E-state index in [0.717, 1.165) is 31.3 Å². The van der Waals surface area contributed by atoms with Crippen LogP contribution in [0.2, 0.25) is 0 Å². The lowest BCUT2D eigenvalue weighted by atomic mass is 9.90. The number of piperidine rings is 1. The van der Waals surface area contributed by atoms with Crippen LogP contribution in [0.4, 0.5) is 5.69 Å². The summed E-state index contributed by atoms with van der Waals surface area (Å²) in [5.74, 6) is 1.63. The summed E-state index contributed by atoms with van der Waals surface area (Å²) in [6.07, 6.45) is 4.54. The predicted octanol–water partition coefficient (Wildman–Crippen LogP) is 2.79. The van der Waals surface area contributed by atoms with E-state index in [9.17, 15) is 4.79 Å². The molecule has 2 atom stereocenters. The molecule has 1 aromatic carbocycles. The smallest absolute Gasteiger partial charge is 0.225 e. The molecule has 1 fully saturated rings. The summed E-state index contributed by atoms with van der Waals surface area (Å²) in [4.78, 5) is 19.4. The van der Waals surface area contributed by atoms with Gasteiger partial charge in [-0.05, 0) is 50.4 Å². The van der Waals surface area contributed by atoms with E-state index in [4.69, 9.17) is 4.99 Å².